The van der Waals surface area contributed by atoms with Gasteiger partial charge < -0.3 is 22.3 Å². The summed E-state index contributed by atoms with van der Waals surface area (Å²) >= 11 is 0. The molecule has 0 unspecified atom stereocenters. The molecule has 3 aromatic rings. The van der Waals surface area contributed by atoms with Gasteiger partial charge in [0.25, 0.3) is 5.91 Å². The van der Waals surface area contributed by atoms with Crippen molar-refractivity contribution in [3.05, 3.63) is 95.8 Å². The van der Waals surface area contributed by atoms with Crippen molar-refractivity contribution in [3.8, 4) is 6.07 Å². The minimum atomic E-state index is -0.196. The zero-order valence-electron chi connectivity index (χ0n) is 14.3. The summed E-state index contributed by atoms with van der Waals surface area (Å²) in [5.41, 5.74) is 2.30. The fraction of sp³-hybridized carbons (Fsp3) is 0.0476. The molecule has 0 aliphatic heterocycles. The van der Waals surface area contributed by atoms with E-state index in [-0.39, 0.29) is 35.2 Å². The summed E-state index contributed by atoms with van der Waals surface area (Å²) in [6.07, 6.45) is 3.40. The van der Waals surface area contributed by atoms with Gasteiger partial charge >= 0.3 is 0 Å². The quantitative estimate of drug-likeness (QED) is 0.464. The Balaban J connectivity index is 0.00000261. The number of halogens is 1. The molecule has 1 N–H and O–H groups in total. The first-order valence-electron chi connectivity index (χ1n) is 8.04. The van der Waals surface area contributed by atoms with Gasteiger partial charge in [0, 0.05) is 28.9 Å². The highest BCUT2D eigenvalue weighted by molar-refractivity contribution is 6.04. The van der Waals surface area contributed by atoms with Gasteiger partial charge in [-0.25, -0.2) is 0 Å². The second-order valence-corrected chi connectivity index (χ2v) is 5.69. The molecule has 1 amide bonds. The zero-order chi connectivity index (χ0) is 18.4. The third-order valence-electron chi connectivity index (χ3n) is 3.85. The summed E-state index contributed by atoms with van der Waals surface area (Å²) in [5.74, 6) is -0.251. The Morgan fingerprint density at radius 3 is 2.11 bits per heavy atom. The molecule has 0 saturated heterocycles. The zero-order valence-corrected chi connectivity index (χ0v) is 15.9. The van der Waals surface area contributed by atoms with Crippen molar-refractivity contribution in [3.63, 3.8) is 0 Å². The van der Waals surface area contributed by atoms with Crippen molar-refractivity contribution in [2.75, 3.05) is 5.32 Å². The number of carbonyl (C=O) groups excluding carboxylic acids is 2. The Bertz CT molecular complexity index is 963. The Morgan fingerprint density at radius 2 is 1.52 bits per heavy atom. The van der Waals surface area contributed by atoms with Crippen LogP contribution in [0.25, 0.3) is 0 Å². The minimum Gasteiger partial charge on any atom is -1.00 e. The number of nitrogens with zero attached hydrogens (tertiary/aromatic N) is 2. The molecule has 3 rings (SSSR count). The Labute approximate surface area is 167 Å². The van der Waals surface area contributed by atoms with Crippen molar-refractivity contribution in [2.45, 2.75) is 6.54 Å². The highest BCUT2D eigenvalue weighted by Crippen LogP contribution is 2.12. The van der Waals surface area contributed by atoms with E-state index in [1.807, 2.05) is 12.1 Å². The maximum Gasteiger partial charge on any atom is 0.255 e. The number of Topliss-reactive ketones (excluding diaryl/α,β-unsaturated/α-hetero) is 1. The van der Waals surface area contributed by atoms with Crippen LogP contribution in [0.4, 0.5) is 5.69 Å². The first-order chi connectivity index (χ1) is 12.7. The van der Waals surface area contributed by atoms with E-state index in [2.05, 4.69) is 5.32 Å². The van der Waals surface area contributed by atoms with E-state index in [9.17, 15) is 9.59 Å². The lowest BCUT2D eigenvalue weighted by Gasteiger charge is -2.06. The molecule has 0 radical (unpaired) electrons. The van der Waals surface area contributed by atoms with Crippen molar-refractivity contribution < 1.29 is 31.1 Å². The van der Waals surface area contributed by atoms with E-state index >= 15 is 0 Å². The largest absolute Gasteiger partial charge is 1.00 e. The number of aromatic nitrogens is 1. The third-order valence-corrected chi connectivity index (χ3v) is 3.85. The van der Waals surface area contributed by atoms with Crippen molar-refractivity contribution in [1.82, 2.24) is 0 Å². The highest BCUT2D eigenvalue weighted by atomic mass is 79.9. The lowest BCUT2D eigenvalue weighted by atomic mass is 10.1. The first kappa shape index (κ1) is 20.0. The molecular formula is C21H16BrN3O2. The van der Waals surface area contributed by atoms with Gasteiger partial charge in [-0.1, -0.05) is 18.2 Å². The number of carbonyl (C=O) groups is 2. The Hall–Kier alpha value is -3.30. The van der Waals surface area contributed by atoms with Gasteiger partial charge in [-0.3, -0.25) is 9.59 Å². The van der Waals surface area contributed by atoms with Gasteiger partial charge in [0.1, 0.15) is 0 Å². The van der Waals surface area contributed by atoms with Crippen LogP contribution in [0.3, 0.4) is 0 Å². The standard InChI is InChI=1S/C21H15N3O2.BrH/c22-14-16-10-12-24(13-11-16)15-20(25)17-6-8-19(9-7-17)23-21(26)18-4-2-1-3-5-18;/h1-13H,15H2;1H. The normalized spacial score (nSPS) is 9.59. The summed E-state index contributed by atoms with van der Waals surface area (Å²) in [7, 11) is 0. The lowest BCUT2D eigenvalue weighted by Crippen LogP contribution is -3.00. The molecule has 6 heteroatoms. The molecule has 0 aliphatic carbocycles. The minimum absolute atomic E-state index is 0. The van der Waals surface area contributed by atoms with E-state index in [0.717, 1.165) is 0 Å². The molecular weight excluding hydrogens is 406 g/mol. The van der Waals surface area contributed by atoms with Crippen LogP contribution in [0.5, 0.6) is 0 Å². The molecule has 0 aliphatic rings. The lowest BCUT2D eigenvalue weighted by molar-refractivity contribution is -0.683. The number of hydrogen-bond donors (Lipinski definition) is 1. The van der Waals surface area contributed by atoms with E-state index in [1.165, 1.54) is 0 Å². The van der Waals surface area contributed by atoms with Crippen LogP contribution < -0.4 is 26.9 Å². The second-order valence-electron chi connectivity index (χ2n) is 5.69. The van der Waals surface area contributed by atoms with Crippen molar-refractivity contribution in [1.29, 1.82) is 5.26 Å². The van der Waals surface area contributed by atoms with Gasteiger partial charge in [-0.2, -0.15) is 9.83 Å². The number of hydrogen-bond acceptors (Lipinski definition) is 3. The van der Waals surface area contributed by atoms with Crippen LogP contribution in [-0.2, 0) is 6.54 Å². The summed E-state index contributed by atoms with van der Waals surface area (Å²) in [5, 5.41) is 11.6. The number of nitriles is 1. The van der Waals surface area contributed by atoms with Crippen molar-refractivity contribution >= 4 is 17.4 Å². The average molecular weight is 422 g/mol. The number of nitrogens with one attached hydrogen (secondary N) is 1. The van der Waals surface area contributed by atoms with E-state index in [4.69, 9.17) is 5.26 Å². The Kier molecular flexibility index (Phi) is 6.98. The number of pyridine rings is 1. The number of ketones is 1. The molecule has 0 fully saturated rings. The predicted octanol–water partition coefficient (Wildman–Crippen LogP) is -0.0150. The summed E-state index contributed by atoms with van der Waals surface area (Å²) in [6.45, 7) is 0.182. The van der Waals surface area contributed by atoms with Gasteiger partial charge in [-0.05, 0) is 36.4 Å². The maximum atomic E-state index is 12.4. The fourth-order valence-corrected chi connectivity index (χ4v) is 2.43. The SMILES string of the molecule is N#Cc1cc[n+](CC(=O)c2ccc(NC(=O)c3ccccc3)cc2)cc1.[Br-]. The molecule has 0 spiro atoms. The van der Waals surface area contributed by atoms with Crippen LogP contribution in [-0.4, -0.2) is 11.7 Å². The first-order valence-corrected chi connectivity index (χ1v) is 8.04. The molecule has 134 valence electrons. The summed E-state index contributed by atoms with van der Waals surface area (Å²) < 4.78 is 1.72. The van der Waals surface area contributed by atoms with Crippen LogP contribution in [0, 0.1) is 11.3 Å². The van der Waals surface area contributed by atoms with E-state index in [0.29, 0.717) is 22.4 Å². The number of benzene rings is 2. The highest BCUT2D eigenvalue weighted by Gasteiger charge is 2.12. The summed E-state index contributed by atoms with van der Waals surface area (Å²) in [4.78, 5) is 24.5. The maximum absolute atomic E-state index is 12.4. The van der Waals surface area contributed by atoms with Gasteiger partial charge in [0.05, 0.1) is 11.6 Å². The molecule has 1 heterocycles. The Morgan fingerprint density at radius 1 is 0.889 bits per heavy atom. The smallest absolute Gasteiger partial charge is 0.255 e. The second kappa shape index (κ2) is 9.41. The van der Waals surface area contributed by atoms with Crippen LogP contribution in [0.1, 0.15) is 26.3 Å². The summed E-state index contributed by atoms with van der Waals surface area (Å²) in [6, 6.07) is 21.1. The van der Waals surface area contributed by atoms with Gasteiger partial charge in [0.2, 0.25) is 12.3 Å². The predicted molar refractivity (Wildman–Crippen MR) is 96.5 cm³/mol. The van der Waals surface area contributed by atoms with Gasteiger partial charge in [0.15, 0.2) is 12.4 Å². The average Bonchev–Trinajstić information content (AvgIpc) is 2.69. The monoisotopic (exact) mass is 421 g/mol. The topological polar surface area (TPSA) is 73.8 Å². The van der Waals surface area contributed by atoms with Crippen LogP contribution in [0.2, 0.25) is 0 Å². The number of amides is 1. The molecule has 0 bridgehead atoms. The van der Waals surface area contributed by atoms with Gasteiger partial charge in [-0.15, -0.1) is 0 Å². The number of rotatable bonds is 5. The van der Waals surface area contributed by atoms with E-state index in [1.54, 1.807) is 77.6 Å². The molecule has 2 aromatic carbocycles. The number of anilines is 1. The molecule has 1 aromatic heterocycles. The van der Waals surface area contributed by atoms with Crippen LogP contribution in [0.15, 0.2) is 79.1 Å². The molecule has 0 atom stereocenters. The fourth-order valence-electron chi connectivity index (χ4n) is 2.43. The third kappa shape index (κ3) is 5.33. The van der Waals surface area contributed by atoms with Crippen molar-refractivity contribution in [2.24, 2.45) is 0 Å². The molecule has 5 nitrogen and oxygen atoms in total. The van der Waals surface area contributed by atoms with E-state index < -0.39 is 0 Å². The van der Waals surface area contributed by atoms with Crippen LogP contribution >= 0.6 is 0 Å². The molecule has 27 heavy (non-hydrogen) atoms. The molecule has 0 saturated carbocycles.